The molecule has 1 heterocycles. The van der Waals surface area contributed by atoms with E-state index in [2.05, 4.69) is 25.6 Å². The summed E-state index contributed by atoms with van der Waals surface area (Å²) in [5, 5.41) is 6.25. The number of hydrogen-bond acceptors (Lipinski definition) is 7. The van der Waals surface area contributed by atoms with E-state index in [4.69, 9.17) is 9.47 Å². The number of rotatable bonds is 7. The van der Waals surface area contributed by atoms with Crippen LogP contribution in [0, 0.1) is 0 Å². The minimum absolute atomic E-state index is 0.0712. The molecule has 7 heteroatoms. The molecular formula is C12H21N5O2. The molecule has 1 saturated carbocycles. The number of nitrogens with zero attached hydrogens (tertiary/aromatic N) is 3. The first kappa shape index (κ1) is 13.8. The van der Waals surface area contributed by atoms with Gasteiger partial charge in [0.15, 0.2) is 0 Å². The molecule has 7 nitrogen and oxygen atoms in total. The number of aromatic nitrogens is 3. The first-order chi connectivity index (χ1) is 9.21. The van der Waals surface area contributed by atoms with Gasteiger partial charge >= 0.3 is 6.01 Å². The minimum atomic E-state index is -0.0712. The molecule has 0 radical (unpaired) electrons. The predicted octanol–water partition coefficient (Wildman–Crippen LogP) is 1.29. The number of nitrogens with one attached hydrogen (secondary N) is 2. The predicted molar refractivity (Wildman–Crippen MR) is 72.6 cm³/mol. The molecular weight excluding hydrogens is 246 g/mol. The van der Waals surface area contributed by atoms with Gasteiger partial charge in [-0.3, -0.25) is 0 Å². The van der Waals surface area contributed by atoms with Crippen LogP contribution in [0.5, 0.6) is 6.01 Å². The van der Waals surface area contributed by atoms with Crippen molar-refractivity contribution < 1.29 is 9.47 Å². The summed E-state index contributed by atoms with van der Waals surface area (Å²) in [6.45, 7) is 3.43. The second-order valence-corrected chi connectivity index (χ2v) is 4.59. The zero-order valence-corrected chi connectivity index (χ0v) is 11.7. The van der Waals surface area contributed by atoms with E-state index in [-0.39, 0.29) is 5.60 Å². The second-order valence-electron chi connectivity index (χ2n) is 4.59. The normalized spacial score (nSPS) is 16.6. The Bertz CT molecular complexity index is 417. The van der Waals surface area contributed by atoms with Crippen LogP contribution in [0.4, 0.5) is 11.9 Å². The Kier molecular flexibility index (Phi) is 4.36. The second kappa shape index (κ2) is 6.01. The van der Waals surface area contributed by atoms with Crippen LogP contribution in [0.15, 0.2) is 0 Å². The molecule has 0 amide bonds. The standard InChI is InChI=1S/C12H21N5O2/c1-4-13-9-15-10(17-11(16-9)18-2)14-8-12(19-3)6-5-7-12/h4-8H2,1-3H3,(H2,13,14,15,16,17). The van der Waals surface area contributed by atoms with Crippen molar-refractivity contribution in [1.29, 1.82) is 0 Å². The first-order valence-corrected chi connectivity index (χ1v) is 6.54. The minimum Gasteiger partial charge on any atom is -0.467 e. The van der Waals surface area contributed by atoms with Crippen LogP contribution >= 0.6 is 0 Å². The first-order valence-electron chi connectivity index (χ1n) is 6.54. The van der Waals surface area contributed by atoms with E-state index in [0.717, 1.165) is 19.4 Å². The van der Waals surface area contributed by atoms with Gasteiger partial charge in [-0.25, -0.2) is 0 Å². The molecule has 2 N–H and O–H groups in total. The molecule has 0 bridgehead atoms. The van der Waals surface area contributed by atoms with Gasteiger partial charge in [-0.1, -0.05) is 0 Å². The molecule has 0 aliphatic heterocycles. The molecule has 0 unspecified atom stereocenters. The molecule has 106 valence electrons. The maximum absolute atomic E-state index is 5.55. The van der Waals surface area contributed by atoms with Crippen molar-refractivity contribution in [2.75, 3.05) is 37.9 Å². The molecule has 0 aromatic carbocycles. The third kappa shape index (κ3) is 3.23. The average molecular weight is 267 g/mol. The van der Waals surface area contributed by atoms with Gasteiger partial charge in [0.25, 0.3) is 0 Å². The van der Waals surface area contributed by atoms with E-state index in [1.807, 2.05) is 6.92 Å². The molecule has 1 aliphatic carbocycles. The number of methoxy groups -OCH3 is 2. The maximum atomic E-state index is 5.55. The smallest absolute Gasteiger partial charge is 0.322 e. The molecule has 1 aromatic rings. The van der Waals surface area contributed by atoms with E-state index >= 15 is 0 Å². The fourth-order valence-electron chi connectivity index (χ4n) is 2.03. The highest BCUT2D eigenvalue weighted by Crippen LogP contribution is 2.34. The summed E-state index contributed by atoms with van der Waals surface area (Å²) in [6, 6.07) is 0.300. The van der Waals surface area contributed by atoms with Crippen molar-refractivity contribution in [3.63, 3.8) is 0 Å². The molecule has 0 atom stereocenters. The van der Waals surface area contributed by atoms with Crippen molar-refractivity contribution in [1.82, 2.24) is 15.0 Å². The molecule has 1 aliphatic rings. The maximum Gasteiger partial charge on any atom is 0.322 e. The van der Waals surface area contributed by atoms with Crippen molar-refractivity contribution in [3.05, 3.63) is 0 Å². The van der Waals surface area contributed by atoms with Gasteiger partial charge in [-0.2, -0.15) is 15.0 Å². The highest BCUT2D eigenvalue weighted by Gasteiger charge is 2.36. The average Bonchev–Trinajstić information content (AvgIpc) is 2.38. The fourth-order valence-corrected chi connectivity index (χ4v) is 2.03. The summed E-state index contributed by atoms with van der Waals surface area (Å²) in [5.41, 5.74) is -0.0712. The number of ether oxygens (including phenoxy) is 2. The lowest BCUT2D eigenvalue weighted by Crippen LogP contribution is -2.45. The zero-order valence-electron chi connectivity index (χ0n) is 11.7. The molecule has 1 fully saturated rings. The molecule has 2 rings (SSSR count). The highest BCUT2D eigenvalue weighted by molar-refractivity contribution is 5.36. The van der Waals surface area contributed by atoms with Crippen LogP contribution in [0.1, 0.15) is 26.2 Å². The third-order valence-corrected chi connectivity index (χ3v) is 3.40. The summed E-state index contributed by atoms with van der Waals surface area (Å²) >= 11 is 0. The monoisotopic (exact) mass is 267 g/mol. The van der Waals surface area contributed by atoms with Gasteiger partial charge in [0.2, 0.25) is 11.9 Å². The van der Waals surface area contributed by atoms with E-state index in [1.165, 1.54) is 13.5 Å². The van der Waals surface area contributed by atoms with Crippen molar-refractivity contribution in [2.45, 2.75) is 31.8 Å². The lowest BCUT2D eigenvalue weighted by atomic mass is 9.80. The molecule has 1 aromatic heterocycles. The van der Waals surface area contributed by atoms with Crippen molar-refractivity contribution >= 4 is 11.9 Å². The SMILES string of the molecule is CCNc1nc(NCC2(OC)CCC2)nc(OC)n1. The van der Waals surface area contributed by atoms with Crippen molar-refractivity contribution in [3.8, 4) is 6.01 Å². The van der Waals surface area contributed by atoms with Crippen molar-refractivity contribution in [2.24, 2.45) is 0 Å². The Morgan fingerprint density at radius 3 is 2.26 bits per heavy atom. The quantitative estimate of drug-likeness (QED) is 0.770. The summed E-state index contributed by atoms with van der Waals surface area (Å²) in [4.78, 5) is 12.6. The van der Waals surface area contributed by atoms with Gasteiger partial charge in [0.1, 0.15) is 0 Å². The van der Waals surface area contributed by atoms with Crippen LogP contribution in [-0.4, -0.2) is 47.9 Å². The Morgan fingerprint density at radius 2 is 1.79 bits per heavy atom. The Labute approximate surface area is 113 Å². The van der Waals surface area contributed by atoms with Crippen LogP contribution < -0.4 is 15.4 Å². The molecule has 0 saturated heterocycles. The summed E-state index contributed by atoms with van der Waals surface area (Å²) in [7, 11) is 3.29. The highest BCUT2D eigenvalue weighted by atomic mass is 16.5. The van der Waals surface area contributed by atoms with E-state index in [9.17, 15) is 0 Å². The number of anilines is 2. The largest absolute Gasteiger partial charge is 0.467 e. The van der Waals surface area contributed by atoms with Gasteiger partial charge in [0, 0.05) is 20.2 Å². The lowest BCUT2D eigenvalue weighted by molar-refractivity contribution is -0.0602. The third-order valence-electron chi connectivity index (χ3n) is 3.40. The lowest BCUT2D eigenvalue weighted by Gasteiger charge is -2.40. The van der Waals surface area contributed by atoms with Gasteiger partial charge in [-0.05, 0) is 26.2 Å². The Balaban J connectivity index is 2.04. The molecule has 0 spiro atoms. The summed E-state index contributed by atoms with van der Waals surface area (Å²) in [6.07, 6.45) is 3.34. The van der Waals surface area contributed by atoms with E-state index in [0.29, 0.717) is 24.5 Å². The van der Waals surface area contributed by atoms with Gasteiger partial charge < -0.3 is 20.1 Å². The van der Waals surface area contributed by atoms with Crippen LogP contribution in [-0.2, 0) is 4.74 Å². The summed E-state index contributed by atoms with van der Waals surface area (Å²) in [5.74, 6) is 1.02. The van der Waals surface area contributed by atoms with Crippen LogP contribution in [0.25, 0.3) is 0 Å². The van der Waals surface area contributed by atoms with Gasteiger partial charge in [-0.15, -0.1) is 0 Å². The van der Waals surface area contributed by atoms with Gasteiger partial charge in [0.05, 0.1) is 12.7 Å². The van der Waals surface area contributed by atoms with E-state index < -0.39 is 0 Å². The fraction of sp³-hybridized carbons (Fsp3) is 0.750. The summed E-state index contributed by atoms with van der Waals surface area (Å²) < 4.78 is 10.6. The zero-order chi connectivity index (χ0) is 13.7. The van der Waals surface area contributed by atoms with Crippen LogP contribution in [0.3, 0.4) is 0 Å². The topological polar surface area (TPSA) is 81.2 Å². The Hall–Kier alpha value is -1.63. The van der Waals surface area contributed by atoms with Crippen LogP contribution in [0.2, 0.25) is 0 Å². The number of hydrogen-bond donors (Lipinski definition) is 2. The van der Waals surface area contributed by atoms with E-state index in [1.54, 1.807) is 7.11 Å². The molecule has 19 heavy (non-hydrogen) atoms. The Morgan fingerprint density at radius 1 is 1.11 bits per heavy atom.